The van der Waals surface area contributed by atoms with Crippen LogP contribution in [-0.4, -0.2) is 46.5 Å². The maximum atomic E-state index is 13.4. The normalized spacial score (nSPS) is 20.7. The van der Waals surface area contributed by atoms with E-state index in [1.54, 1.807) is 37.3 Å². The van der Waals surface area contributed by atoms with Gasteiger partial charge >= 0.3 is 5.97 Å². The van der Waals surface area contributed by atoms with Crippen molar-refractivity contribution >= 4 is 11.8 Å². The summed E-state index contributed by atoms with van der Waals surface area (Å²) in [4.78, 5) is 26.0. The smallest absolute Gasteiger partial charge is 0.310 e. The molecule has 8 nitrogen and oxygen atoms in total. The third-order valence-electron chi connectivity index (χ3n) is 5.61. The molecule has 0 aromatic heterocycles. The number of ether oxygens (including phenoxy) is 6. The standard InChI is InChI=1S/C23H24O8/c1-5-29-23(25)20-18(13-9-16(26-2)22(28-4)17(10-13)27-3)19(20)21(24)12-6-7-14-15(8-12)31-11-30-14/h6-10,18-20H,5,11H2,1-4H3/t18-,19-,20?/m0/s1. The van der Waals surface area contributed by atoms with Crippen LogP contribution < -0.4 is 23.7 Å². The molecule has 4 rings (SSSR count). The fraction of sp³-hybridized carbons (Fsp3) is 0.391. The van der Waals surface area contributed by atoms with Gasteiger partial charge in [-0.25, -0.2) is 0 Å². The second kappa shape index (κ2) is 8.37. The zero-order valence-corrected chi connectivity index (χ0v) is 17.8. The predicted molar refractivity (Wildman–Crippen MR) is 109 cm³/mol. The van der Waals surface area contributed by atoms with Gasteiger partial charge in [0.05, 0.1) is 33.9 Å². The summed E-state index contributed by atoms with van der Waals surface area (Å²) >= 11 is 0. The Balaban J connectivity index is 1.70. The van der Waals surface area contributed by atoms with E-state index in [1.807, 2.05) is 0 Å². The van der Waals surface area contributed by atoms with E-state index >= 15 is 0 Å². The van der Waals surface area contributed by atoms with Crippen LogP contribution in [-0.2, 0) is 9.53 Å². The summed E-state index contributed by atoms with van der Waals surface area (Å²) in [7, 11) is 4.56. The van der Waals surface area contributed by atoms with E-state index in [0.717, 1.165) is 5.56 Å². The minimum atomic E-state index is -0.597. The third-order valence-corrected chi connectivity index (χ3v) is 5.61. The highest BCUT2D eigenvalue weighted by atomic mass is 16.7. The second-order valence-electron chi connectivity index (χ2n) is 7.22. The molecule has 2 aromatic carbocycles. The van der Waals surface area contributed by atoms with Gasteiger partial charge in [0.15, 0.2) is 28.8 Å². The molecule has 3 atom stereocenters. The number of carbonyl (C=O) groups excluding carboxylic acids is 2. The number of benzene rings is 2. The average Bonchev–Trinajstić information content (AvgIpc) is 3.37. The van der Waals surface area contributed by atoms with E-state index in [4.69, 9.17) is 28.4 Å². The van der Waals surface area contributed by atoms with Gasteiger partial charge in [-0.1, -0.05) is 0 Å². The summed E-state index contributed by atoms with van der Waals surface area (Å²) in [5.41, 5.74) is 1.20. The van der Waals surface area contributed by atoms with Crippen molar-refractivity contribution in [3.05, 3.63) is 41.5 Å². The number of carbonyl (C=O) groups is 2. The Kier molecular flexibility index (Phi) is 5.63. The Morgan fingerprint density at radius 3 is 2.23 bits per heavy atom. The van der Waals surface area contributed by atoms with Crippen LogP contribution in [0.5, 0.6) is 28.7 Å². The third kappa shape index (κ3) is 3.62. The van der Waals surface area contributed by atoms with Gasteiger partial charge < -0.3 is 28.4 Å². The number of ketones is 1. The van der Waals surface area contributed by atoms with Crippen molar-refractivity contribution < 1.29 is 38.0 Å². The van der Waals surface area contributed by atoms with Crippen molar-refractivity contribution in [3.8, 4) is 28.7 Å². The van der Waals surface area contributed by atoms with E-state index < -0.39 is 17.8 Å². The predicted octanol–water partition coefficient (Wildman–Crippen LogP) is 3.22. The summed E-state index contributed by atoms with van der Waals surface area (Å²) < 4.78 is 32.2. The van der Waals surface area contributed by atoms with E-state index in [9.17, 15) is 9.59 Å². The van der Waals surface area contributed by atoms with Crippen LogP contribution in [0.25, 0.3) is 0 Å². The summed E-state index contributed by atoms with van der Waals surface area (Å²) in [6, 6.07) is 8.57. The number of fused-ring (bicyclic) bond motifs is 1. The Morgan fingerprint density at radius 2 is 1.61 bits per heavy atom. The highest BCUT2D eigenvalue weighted by Gasteiger charge is 2.60. The van der Waals surface area contributed by atoms with Gasteiger partial charge in [-0.3, -0.25) is 9.59 Å². The van der Waals surface area contributed by atoms with Crippen LogP contribution in [0.1, 0.15) is 28.8 Å². The first-order valence-electron chi connectivity index (χ1n) is 9.94. The lowest BCUT2D eigenvalue weighted by atomic mass is 10.0. The van der Waals surface area contributed by atoms with Crippen LogP contribution in [0.3, 0.4) is 0 Å². The number of hydrogen-bond acceptors (Lipinski definition) is 8. The molecule has 0 saturated heterocycles. The van der Waals surface area contributed by atoms with Crippen LogP contribution in [0.2, 0.25) is 0 Å². The van der Waals surface area contributed by atoms with Gasteiger partial charge in [0.1, 0.15) is 0 Å². The van der Waals surface area contributed by atoms with Gasteiger partial charge in [0.2, 0.25) is 12.5 Å². The van der Waals surface area contributed by atoms with Crippen molar-refractivity contribution in [1.82, 2.24) is 0 Å². The van der Waals surface area contributed by atoms with Gasteiger partial charge in [0.25, 0.3) is 0 Å². The molecule has 1 saturated carbocycles. The first-order valence-corrected chi connectivity index (χ1v) is 9.94. The maximum absolute atomic E-state index is 13.4. The minimum Gasteiger partial charge on any atom is -0.493 e. The molecule has 2 aromatic rings. The molecule has 0 spiro atoms. The second-order valence-corrected chi connectivity index (χ2v) is 7.22. The zero-order chi connectivity index (χ0) is 22.1. The van der Waals surface area contributed by atoms with Gasteiger partial charge in [-0.2, -0.15) is 0 Å². The molecule has 0 N–H and O–H groups in total. The largest absolute Gasteiger partial charge is 0.493 e. The van der Waals surface area contributed by atoms with Crippen molar-refractivity contribution in [2.75, 3.05) is 34.7 Å². The van der Waals surface area contributed by atoms with Crippen LogP contribution in [0, 0.1) is 11.8 Å². The van der Waals surface area contributed by atoms with Gasteiger partial charge in [-0.15, -0.1) is 0 Å². The molecule has 1 unspecified atom stereocenters. The van der Waals surface area contributed by atoms with Crippen molar-refractivity contribution in [2.45, 2.75) is 12.8 Å². The average molecular weight is 428 g/mol. The number of hydrogen-bond donors (Lipinski definition) is 0. The Bertz CT molecular complexity index is 990. The molecule has 1 heterocycles. The Hall–Kier alpha value is -3.42. The molecular weight excluding hydrogens is 404 g/mol. The summed E-state index contributed by atoms with van der Waals surface area (Å²) in [6.07, 6.45) is 0. The zero-order valence-electron chi connectivity index (χ0n) is 17.8. The van der Waals surface area contributed by atoms with Crippen molar-refractivity contribution in [1.29, 1.82) is 0 Å². The maximum Gasteiger partial charge on any atom is 0.310 e. The fourth-order valence-corrected chi connectivity index (χ4v) is 4.12. The summed E-state index contributed by atoms with van der Waals surface area (Å²) in [5, 5.41) is 0. The number of rotatable bonds is 8. The highest BCUT2D eigenvalue weighted by molar-refractivity contribution is 6.05. The molecule has 164 valence electrons. The molecule has 31 heavy (non-hydrogen) atoms. The molecule has 0 bridgehead atoms. The van der Waals surface area contributed by atoms with Gasteiger partial charge in [-0.05, 0) is 42.8 Å². The van der Waals surface area contributed by atoms with Crippen LogP contribution in [0.4, 0.5) is 0 Å². The van der Waals surface area contributed by atoms with Crippen LogP contribution in [0.15, 0.2) is 30.3 Å². The number of methoxy groups -OCH3 is 3. The molecule has 0 radical (unpaired) electrons. The summed E-state index contributed by atoms with van der Waals surface area (Å²) in [5.74, 6) is 0.380. The molecule has 1 fully saturated rings. The van der Waals surface area contributed by atoms with Crippen molar-refractivity contribution in [2.24, 2.45) is 11.8 Å². The van der Waals surface area contributed by atoms with Crippen molar-refractivity contribution in [3.63, 3.8) is 0 Å². The topological polar surface area (TPSA) is 89.5 Å². The lowest BCUT2D eigenvalue weighted by molar-refractivity contribution is -0.145. The lowest BCUT2D eigenvalue weighted by Gasteiger charge is -2.14. The minimum absolute atomic E-state index is 0.121. The molecule has 1 aliphatic heterocycles. The quantitative estimate of drug-likeness (QED) is 0.468. The molecule has 0 amide bonds. The number of esters is 1. The van der Waals surface area contributed by atoms with E-state index in [-0.39, 0.29) is 25.1 Å². The lowest BCUT2D eigenvalue weighted by Crippen LogP contribution is -2.11. The fourth-order valence-electron chi connectivity index (χ4n) is 4.12. The Labute approximate surface area is 179 Å². The monoisotopic (exact) mass is 428 g/mol. The SMILES string of the molecule is CCOC(=O)C1[C@@H](C(=O)c2ccc3c(c2)OCO3)[C@@H]1c1cc(OC)c(OC)c(OC)c1. The highest BCUT2D eigenvalue weighted by Crippen LogP contribution is 2.58. The molecular formula is C23H24O8. The van der Waals surface area contributed by atoms with E-state index in [1.165, 1.54) is 21.3 Å². The summed E-state index contributed by atoms with van der Waals surface area (Å²) in [6.45, 7) is 2.10. The number of Topliss-reactive ketones (excluding diaryl/α,β-unsaturated/α-hetero) is 1. The Morgan fingerprint density at radius 1 is 0.935 bits per heavy atom. The first-order chi connectivity index (χ1) is 15.0. The van der Waals surface area contributed by atoms with E-state index in [0.29, 0.717) is 34.3 Å². The van der Waals surface area contributed by atoms with Crippen LogP contribution >= 0.6 is 0 Å². The molecule has 2 aliphatic rings. The molecule has 1 aliphatic carbocycles. The first kappa shape index (κ1) is 20.8. The molecule has 8 heteroatoms. The van der Waals surface area contributed by atoms with E-state index in [2.05, 4.69) is 0 Å². The van der Waals surface area contributed by atoms with Gasteiger partial charge in [0, 0.05) is 17.4 Å².